The highest BCUT2D eigenvalue weighted by molar-refractivity contribution is 4.71. The standard InChI is InChI=1S/C11H22O/c1-4-10(3)12-11-7-5-6-9(2)8-11/h9-11H,4-8H2,1-3H3. The van der Waals surface area contributed by atoms with Crippen LogP contribution in [0.4, 0.5) is 0 Å². The van der Waals surface area contributed by atoms with E-state index in [9.17, 15) is 0 Å². The molecule has 1 heteroatoms. The summed E-state index contributed by atoms with van der Waals surface area (Å²) in [7, 11) is 0. The average molecular weight is 170 g/mol. The van der Waals surface area contributed by atoms with Gasteiger partial charge in [-0.1, -0.05) is 26.7 Å². The van der Waals surface area contributed by atoms with Crippen molar-refractivity contribution in [3.05, 3.63) is 0 Å². The molecule has 1 nitrogen and oxygen atoms in total. The van der Waals surface area contributed by atoms with Gasteiger partial charge in [0, 0.05) is 0 Å². The van der Waals surface area contributed by atoms with Gasteiger partial charge in [-0.25, -0.2) is 0 Å². The zero-order chi connectivity index (χ0) is 8.97. The van der Waals surface area contributed by atoms with Crippen molar-refractivity contribution in [1.82, 2.24) is 0 Å². The maximum atomic E-state index is 5.91. The first kappa shape index (κ1) is 10.0. The summed E-state index contributed by atoms with van der Waals surface area (Å²) in [4.78, 5) is 0. The fourth-order valence-electron chi connectivity index (χ4n) is 1.93. The number of hydrogen-bond acceptors (Lipinski definition) is 1. The van der Waals surface area contributed by atoms with Crippen molar-refractivity contribution in [1.29, 1.82) is 0 Å². The Morgan fingerprint density at radius 3 is 2.75 bits per heavy atom. The van der Waals surface area contributed by atoms with Gasteiger partial charge in [0.2, 0.25) is 0 Å². The quantitative estimate of drug-likeness (QED) is 0.631. The van der Waals surface area contributed by atoms with Crippen LogP contribution in [-0.4, -0.2) is 12.2 Å². The smallest absolute Gasteiger partial charge is 0.0581 e. The van der Waals surface area contributed by atoms with Crippen molar-refractivity contribution < 1.29 is 4.74 Å². The third-order valence-electron chi connectivity index (χ3n) is 2.89. The Morgan fingerprint density at radius 1 is 1.42 bits per heavy atom. The molecular formula is C11H22O. The lowest BCUT2D eigenvalue weighted by Gasteiger charge is -2.29. The lowest BCUT2D eigenvalue weighted by Crippen LogP contribution is -2.25. The van der Waals surface area contributed by atoms with E-state index in [2.05, 4.69) is 20.8 Å². The second-order valence-corrected chi connectivity index (χ2v) is 4.25. The van der Waals surface area contributed by atoms with E-state index in [1.54, 1.807) is 0 Å². The van der Waals surface area contributed by atoms with E-state index in [0.717, 1.165) is 12.3 Å². The zero-order valence-corrected chi connectivity index (χ0v) is 8.68. The molecule has 0 aromatic rings. The second-order valence-electron chi connectivity index (χ2n) is 4.25. The lowest BCUT2D eigenvalue weighted by molar-refractivity contribution is -0.0314. The molecule has 1 saturated carbocycles. The van der Waals surface area contributed by atoms with E-state index >= 15 is 0 Å². The molecule has 0 radical (unpaired) electrons. The Hall–Kier alpha value is -0.0400. The van der Waals surface area contributed by atoms with Crippen molar-refractivity contribution in [2.75, 3.05) is 0 Å². The zero-order valence-electron chi connectivity index (χ0n) is 8.68. The first-order valence-corrected chi connectivity index (χ1v) is 5.37. The minimum absolute atomic E-state index is 0.459. The predicted octanol–water partition coefficient (Wildman–Crippen LogP) is 3.38. The van der Waals surface area contributed by atoms with Gasteiger partial charge in [-0.05, 0) is 32.1 Å². The SMILES string of the molecule is CCC(C)OC1CCCC(C)C1. The highest BCUT2D eigenvalue weighted by Gasteiger charge is 2.20. The number of ether oxygens (including phenoxy) is 1. The predicted molar refractivity (Wildman–Crippen MR) is 52.3 cm³/mol. The summed E-state index contributed by atoms with van der Waals surface area (Å²) in [6.07, 6.45) is 7.50. The minimum atomic E-state index is 0.459. The molecular weight excluding hydrogens is 148 g/mol. The number of hydrogen-bond donors (Lipinski definition) is 0. The van der Waals surface area contributed by atoms with Gasteiger partial charge < -0.3 is 4.74 Å². The molecule has 0 aromatic heterocycles. The van der Waals surface area contributed by atoms with Crippen LogP contribution in [0.5, 0.6) is 0 Å². The highest BCUT2D eigenvalue weighted by atomic mass is 16.5. The fourth-order valence-corrected chi connectivity index (χ4v) is 1.93. The van der Waals surface area contributed by atoms with Crippen molar-refractivity contribution >= 4 is 0 Å². The van der Waals surface area contributed by atoms with Crippen molar-refractivity contribution in [3.8, 4) is 0 Å². The molecule has 3 atom stereocenters. The van der Waals surface area contributed by atoms with Crippen molar-refractivity contribution in [2.24, 2.45) is 5.92 Å². The summed E-state index contributed by atoms with van der Waals surface area (Å²) >= 11 is 0. The monoisotopic (exact) mass is 170 g/mol. The van der Waals surface area contributed by atoms with Crippen LogP contribution in [0.3, 0.4) is 0 Å². The molecule has 0 amide bonds. The van der Waals surface area contributed by atoms with E-state index in [4.69, 9.17) is 4.74 Å². The van der Waals surface area contributed by atoms with E-state index in [1.807, 2.05) is 0 Å². The van der Waals surface area contributed by atoms with E-state index < -0.39 is 0 Å². The Labute approximate surface area is 76.5 Å². The van der Waals surface area contributed by atoms with Crippen LogP contribution in [0.2, 0.25) is 0 Å². The van der Waals surface area contributed by atoms with Crippen LogP contribution < -0.4 is 0 Å². The van der Waals surface area contributed by atoms with Gasteiger partial charge in [-0.15, -0.1) is 0 Å². The minimum Gasteiger partial charge on any atom is -0.375 e. The normalized spacial score (nSPS) is 33.2. The Bertz CT molecular complexity index is 122. The van der Waals surface area contributed by atoms with E-state index in [-0.39, 0.29) is 0 Å². The third kappa shape index (κ3) is 3.14. The second kappa shape index (κ2) is 4.86. The third-order valence-corrected chi connectivity index (χ3v) is 2.89. The summed E-state index contributed by atoms with van der Waals surface area (Å²) < 4.78 is 5.91. The Morgan fingerprint density at radius 2 is 2.17 bits per heavy atom. The van der Waals surface area contributed by atoms with Crippen LogP contribution in [0.15, 0.2) is 0 Å². The summed E-state index contributed by atoms with van der Waals surface area (Å²) in [5.74, 6) is 0.882. The first-order chi connectivity index (χ1) is 5.72. The van der Waals surface area contributed by atoms with Crippen LogP contribution in [0, 0.1) is 5.92 Å². The maximum absolute atomic E-state index is 5.91. The van der Waals surface area contributed by atoms with Gasteiger partial charge in [0.25, 0.3) is 0 Å². The molecule has 1 aliphatic carbocycles. The van der Waals surface area contributed by atoms with E-state index in [0.29, 0.717) is 12.2 Å². The van der Waals surface area contributed by atoms with Gasteiger partial charge >= 0.3 is 0 Å². The fraction of sp³-hybridized carbons (Fsp3) is 1.00. The molecule has 72 valence electrons. The Kier molecular flexibility index (Phi) is 4.07. The topological polar surface area (TPSA) is 9.23 Å². The molecule has 0 saturated heterocycles. The molecule has 1 rings (SSSR count). The maximum Gasteiger partial charge on any atom is 0.0581 e. The van der Waals surface area contributed by atoms with Gasteiger partial charge in [0.1, 0.15) is 0 Å². The first-order valence-electron chi connectivity index (χ1n) is 5.37. The van der Waals surface area contributed by atoms with E-state index in [1.165, 1.54) is 25.7 Å². The molecule has 0 aliphatic heterocycles. The molecule has 3 unspecified atom stereocenters. The van der Waals surface area contributed by atoms with Gasteiger partial charge in [-0.3, -0.25) is 0 Å². The molecule has 0 bridgehead atoms. The van der Waals surface area contributed by atoms with Crippen molar-refractivity contribution in [2.45, 2.75) is 65.1 Å². The summed E-state index contributed by atoms with van der Waals surface area (Å²) in [5, 5.41) is 0. The molecule has 1 aliphatic rings. The largest absolute Gasteiger partial charge is 0.375 e. The van der Waals surface area contributed by atoms with Crippen LogP contribution in [-0.2, 0) is 4.74 Å². The molecule has 0 aromatic carbocycles. The van der Waals surface area contributed by atoms with Crippen molar-refractivity contribution in [3.63, 3.8) is 0 Å². The molecule has 12 heavy (non-hydrogen) atoms. The van der Waals surface area contributed by atoms with Crippen LogP contribution >= 0.6 is 0 Å². The summed E-state index contributed by atoms with van der Waals surface area (Å²) in [5.41, 5.74) is 0. The van der Waals surface area contributed by atoms with Crippen LogP contribution in [0.25, 0.3) is 0 Å². The lowest BCUT2D eigenvalue weighted by atomic mass is 9.88. The van der Waals surface area contributed by atoms with Crippen LogP contribution in [0.1, 0.15) is 52.9 Å². The molecule has 1 fully saturated rings. The average Bonchev–Trinajstić information content (AvgIpc) is 2.04. The Balaban J connectivity index is 2.22. The molecule has 0 N–H and O–H groups in total. The highest BCUT2D eigenvalue weighted by Crippen LogP contribution is 2.26. The van der Waals surface area contributed by atoms with Gasteiger partial charge in [-0.2, -0.15) is 0 Å². The van der Waals surface area contributed by atoms with Gasteiger partial charge in [0.05, 0.1) is 12.2 Å². The summed E-state index contributed by atoms with van der Waals surface area (Å²) in [6.45, 7) is 6.71. The van der Waals surface area contributed by atoms with Gasteiger partial charge in [0.15, 0.2) is 0 Å². The molecule has 0 heterocycles. The number of rotatable bonds is 3. The molecule has 0 spiro atoms. The summed E-state index contributed by atoms with van der Waals surface area (Å²) in [6, 6.07) is 0.